The number of carbonyl (C=O) groups is 2. The van der Waals surface area contributed by atoms with Gasteiger partial charge in [0.2, 0.25) is 11.8 Å². The van der Waals surface area contributed by atoms with E-state index in [0.29, 0.717) is 17.9 Å². The molecule has 0 aromatic heterocycles. The van der Waals surface area contributed by atoms with Crippen molar-refractivity contribution in [3.8, 4) is 5.75 Å². The Balaban J connectivity index is 2.04. The van der Waals surface area contributed by atoms with Crippen LogP contribution in [0.1, 0.15) is 45.2 Å². The van der Waals surface area contributed by atoms with Crippen molar-refractivity contribution in [3.63, 3.8) is 0 Å². The summed E-state index contributed by atoms with van der Waals surface area (Å²) in [6.45, 7) is 7.11. The molecule has 0 radical (unpaired) electrons. The van der Waals surface area contributed by atoms with Crippen LogP contribution in [-0.2, 0) is 32.6 Å². The fraction of sp³-hybridized carbons (Fsp3) is 0.355. The molecule has 9 heteroatoms. The number of carbonyl (C=O) groups excluding carboxylic acids is 2. The first kappa shape index (κ1) is 30.7. The average Bonchev–Trinajstić information content (AvgIpc) is 2.98. The molecule has 0 aliphatic carbocycles. The average molecular weight is 566 g/mol. The first-order valence-electron chi connectivity index (χ1n) is 13.5. The van der Waals surface area contributed by atoms with Gasteiger partial charge in [0, 0.05) is 12.6 Å². The van der Waals surface area contributed by atoms with E-state index in [0.717, 1.165) is 21.9 Å². The Morgan fingerprint density at radius 3 is 2.12 bits per heavy atom. The highest BCUT2D eigenvalue weighted by atomic mass is 32.2. The Morgan fingerprint density at radius 1 is 0.900 bits per heavy atom. The maximum Gasteiger partial charge on any atom is 0.264 e. The first-order valence-corrected chi connectivity index (χ1v) is 14.9. The summed E-state index contributed by atoms with van der Waals surface area (Å²) >= 11 is 0. The molecular weight excluding hydrogens is 526 g/mol. The molecule has 0 aliphatic rings. The van der Waals surface area contributed by atoms with Crippen LogP contribution in [0.2, 0.25) is 0 Å². The lowest BCUT2D eigenvalue weighted by molar-refractivity contribution is -0.139. The summed E-state index contributed by atoms with van der Waals surface area (Å²) in [7, 11) is -2.53. The summed E-state index contributed by atoms with van der Waals surface area (Å²) in [6.07, 6.45) is 1.32. The molecule has 0 bridgehead atoms. The molecule has 3 rings (SSSR count). The van der Waals surface area contributed by atoms with Crippen LogP contribution in [-0.4, -0.2) is 50.9 Å². The number of hydrogen-bond donors (Lipinski definition) is 1. The number of benzene rings is 3. The molecule has 0 unspecified atom stereocenters. The van der Waals surface area contributed by atoms with Crippen molar-refractivity contribution in [1.82, 2.24) is 10.2 Å². The number of hydrogen-bond acceptors (Lipinski definition) is 5. The maximum atomic E-state index is 14.0. The second kappa shape index (κ2) is 14.0. The van der Waals surface area contributed by atoms with Gasteiger partial charge in [-0.1, -0.05) is 62.4 Å². The SMILES string of the molecule is CCc1ccccc1N(CC(=O)N(Cc1ccc(OC)cc1)[C@@H](C)C(=O)N[C@H](C)CC)S(=O)(=O)c1ccccc1. The topological polar surface area (TPSA) is 96.0 Å². The molecule has 0 saturated carbocycles. The number of ether oxygens (including phenoxy) is 1. The van der Waals surface area contributed by atoms with Crippen molar-refractivity contribution in [2.75, 3.05) is 18.0 Å². The van der Waals surface area contributed by atoms with E-state index in [1.54, 1.807) is 56.5 Å². The van der Waals surface area contributed by atoms with Crippen molar-refractivity contribution in [1.29, 1.82) is 0 Å². The number of anilines is 1. The number of methoxy groups -OCH3 is 1. The van der Waals surface area contributed by atoms with E-state index < -0.39 is 28.5 Å². The maximum absolute atomic E-state index is 14.0. The van der Waals surface area contributed by atoms with Gasteiger partial charge in [0.25, 0.3) is 10.0 Å². The zero-order chi connectivity index (χ0) is 29.3. The van der Waals surface area contributed by atoms with Gasteiger partial charge in [-0.3, -0.25) is 13.9 Å². The third-order valence-electron chi connectivity index (χ3n) is 6.93. The van der Waals surface area contributed by atoms with Crippen molar-refractivity contribution in [2.45, 2.75) is 64.1 Å². The fourth-order valence-corrected chi connectivity index (χ4v) is 5.73. The van der Waals surface area contributed by atoms with Crippen LogP contribution in [0.3, 0.4) is 0 Å². The minimum atomic E-state index is -4.10. The standard InChI is InChI=1S/C31H39N3O5S/c1-6-23(3)32-31(36)24(4)33(21-25-17-19-27(39-5)20-18-25)30(35)22-34(29-16-12-11-13-26(29)7-2)40(37,38)28-14-9-8-10-15-28/h8-20,23-24H,6-7,21-22H2,1-5H3,(H,32,36)/t23-,24+/m1/s1. The molecule has 0 heterocycles. The van der Waals surface area contributed by atoms with Gasteiger partial charge in [-0.2, -0.15) is 0 Å². The lowest BCUT2D eigenvalue weighted by atomic mass is 10.1. The van der Waals surface area contributed by atoms with E-state index in [9.17, 15) is 18.0 Å². The Bertz CT molecular complexity index is 1380. The normalized spacial score (nSPS) is 12.7. The molecule has 2 atom stereocenters. The highest BCUT2D eigenvalue weighted by molar-refractivity contribution is 7.92. The molecule has 3 aromatic rings. The van der Waals surface area contributed by atoms with Gasteiger partial charge in [-0.05, 0) is 68.1 Å². The van der Waals surface area contributed by atoms with E-state index in [1.165, 1.54) is 17.0 Å². The molecule has 0 fully saturated rings. The van der Waals surface area contributed by atoms with Crippen LogP contribution in [0.15, 0.2) is 83.8 Å². The van der Waals surface area contributed by atoms with Crippen molar-refractivity contribution >= 4 is 27.5 Å². The zero-order valence-corrected chi connectivity index (χ0v) is 24.6. The Labute approximate surface area is 238 Å². The molecule has 0 spiro atoms. The number of para-hydroxylation sites is 1. The van der Waals surface area contributed by atoms with E-state index in [-0.39, 0.29) is 23.4 Å². The second-order valence-corrected chi connectivity index (χ2v) is 11.5. The summed E-state index contributed by atoms with van der Waals surface area (Å²) in [4.78, 5) is 28.7. The Morgan fingerprint density at radius 2 is 1.52 bits per heavy atom. The minimum Gasteiger partial charge on any atom is -0.497 e. The lowest BCUT2D eigenvalue weighted by Gasteiger charge is -2.33. The third-order valence-corrected chi connectivity index (χ3v) is 8.71. The van der Waals surface area contributed by atoms with Crippen molar-refractivity contribution in [2.24, 2.45) is 0 Å². The number of sulfonamides is 1. The van der Waals surface area contributed by atoms with Crippen LogP contribution < -0.4 is 14.4 Å². The number of nitrogens with one attached hydrogen (secondary N) is 1. The number of rotatable bonds is 13. The number of aryl methyl sites for hydroxylation is 1. The van der Waals surface area contributed by atoms with E-state index in [1.807, 2.05) is 45.0 Å². The largest absolute Gasteiger partial charge is 0.497 e. The predicted octanol–water partition coefficient (Wildman–Crippen LogP) is 4.78. The Hall–Kier alpha value is -3.85. The molecule has 3 aromatic carbocycles. The van der Waals surface area contributed by atoms with Crippen molar-refractivity contribution < 1.29 is 22.7 Å². The van der Waals surface area contributed by atoms with Gasteiger partial charge in [-0.15, -0.1) is 0 Å². The Kier molecular flexibility index (Phi) is 10.7. The third kappa shape index (κ3) is 7.41. The summed E-state index contributed by atoms with van der Waals surface area (Å²) in [5, 5.41) is 2.94. The van der Waals surface area contributed by atoms with E-state index >= 15 is 0 Å². The molecule has 0 aliphatic heterocycles. The number of amides is 2. The van der Waals surface area contributed by atoms with E-state index in [4.69, 9.17) is 4.74 Å². The number of nitrogens with zero attached hydrogens (tertiary/aromatic N) is 2. The smallest absolute Gasteiger partial charge is 0.264 e. The minimum absolute atomic E-state index is 0.0701. The van der Waals surface area contributed by atoms with Crippen molar-refractivity contribution in [3.05, 3.63) is 90.0 Å². The van der Waals surface area contributed by atoms with Crippen LogP contribution >= 0.6 is 0 Å². The molecular formula is C31H39N3O5S. The van der Waals surface area contributed by atoms with Gasteiger partial charge >= 0.3 is 0 Å². The van der Waals surface area contributed by atoms with Gasteiger partial charge in [0.1, 0.15) is 18.3 Å². The molecule has 8 nitrogen and oxygen atoms in total. The monoisotopic (exact) mass is 565 g/mol. The van der Waals surface area contributed by atoms with Gasteiger partial charge in [0.05, 0.1) is 17.7 Å². The molecule has 0 saturated heterocycles. The van der Waals surface area contributed by atoms with Crippen LogP contribution in [0.5, 0.6) is 5.75 Å². The lowest BCUT2D eigenvalue weighted by Crippen LogP contribution is -2.52. The molecule has 2 amide bonds. The highest BCUT2D eigenvalue weighted by Crippen LogP contribution is 2.28. The second-order valence-electron chi connectivity index (χ2n) is 9.67. The van der Waals surface area contributed by atoms with Crippen LogP contribution in [0.25, 0.3) is 0 Å². The first-order chi connectivity index (χ1) is 19.1. The van der Waals surface area contributed by atoms with Gasteiger partial charge in [0.15, 0.2) is 0 Å². The van der Waals surface area contributed by atoms with Crippen LogP contribution in [0.4, 0.5) is 5.69 Å². The van der Waals surface area contributed by atoms with Gasteiger partial charge < -0.3 is 15.0 Å². The summed E-state index contributed by atoms with van der Waals surface area (Å²) in [5.41, 5.74) is 2.01. The zero-order valence-electron chi connectivity index (χ0n) is 23.8. The predicted molar refractivity (Wildman–Crippen MR) is 158 cm³/mol. The molecule has 214 valence electrons. The fourth-order valence-electron chi connectivity index (χ4n) is 4.26. The molecule has 1 N–H and O–H groups in total. The van der Waals surface area contributed by atoms with E-state index in [2.05, 4.69) is 5.32 Å². The summed E-state index contributed by atoms with van der Waals surface area (Å²) in [6, 6.07) is 21.5. The van der Waals surface area contributed by atoms with Crippen LogP contribution in [0, 0.1) is 0 Å². The van der Waals surface area contributed by atoms with Gasteiger partial charge in [-0.25, -0.2) is 8.42 Å². The summed E-state index contributed by atoms with van der Waals surface area (Å²) < 4.78 is 34.3. The molecule has 40 heavy (non-hydrogen) atoms. The summed E-state index contributed by atoms with van der Waals surface area (Å²) in [5.74, 6) is -0.129. The quantitative estimate of drug-likeness (QED) is 0.322. The highest BCUT2D eigenvalue weighted by Gasteiger charge is 2.33.